The van der Waals surface area contributed by atoms with Crippen molar-refractivity contribution in [1.82, 2.24) is 25.1 Å². The molecule has 2 heterocycles. The lowest BCUT2D eigenvalue weighted by Gasteiger charge is -2.40. The van der Waals surface area contributed by atoms with Gasteiger partial charge in [0.25, 0.3) is 0 Å². The van der Waals surface area contributed by atoms with Gasteiger partial charge in [-0.25, -0.2) is 4.68 Å². The van der Waals surface area contributed by atoms with Crippen LogP contribution in [-0.2, 0) is 6.54 Å². The lowest BCUT2D eigenvalue weighted by atomic mass is 10.0. The number of methoxy groups -OCH3 is 2. The zero-order chi connectivity index (χ0) is 24.0. The molecule has 35 heavy (non-hydrogen) atoms. The molecule has 0 aliphatic carbocycles. The number of tetrazole rings is 1. The zero-order valence-corrected chi connectivity index (χ0v) is 20.1. The van der Waals surface area contributed by atoms with Gasteiger partial charge in [-0.15, -0.1) is 5.10 Å². The van der Waals surface area contributed by atoms with E-state index < -0.39 is 0 Å². The maximum absolute atomic E-state index is 5.39. The maximum Gasteiger partial charge on any atom is 0.173 e. The summed E-state index contributed by atoms with van der Waals surface area (Å²) in [6.07, 6.45) is 0. The Kier molecular flexibility index (Phi) is 6.90. The van der Waals surface area contributed by atoms with Crippen LogP contribution < -0.4 is 14.4 Å². The van der Waals surface area contributed by atoms with Crippen LogP contribution in [0.15, 0.2) is 78.9 Å². The van der Waals surface area contributed by atoms with Crippen molar-refractivity contribution in [3.63, 3.8) is 0 Å². The lowest BCUT2D eigenvalue weighted by Crippen LogP contribution is -2.48. The van der Waals surface area contributed by atoms with Crippen molar-refractivity contribution in [2.24, 2.45) is 0 Å². The molecule has 8 nitrogen and oxygen atoms in total. The predicted octanol–water partition coefficient (Wildman–Crippen LogP) is 3.65. The summed E-state index contributed by atoms with van der Waals surface area (Å²) in [5.74, 6) is 2.50. The molecule has 4 aromatic rings. The van der Waals surface area contributed by atoms with E-state index in [-0.39, 0.29) is 6.04 Å². The van der Waals surface area contributed by atoms with Gasteiger partial charge in [0.1, 0.15) is 11.5 Å². The smallest absolute Gasteiger partial charge is 0.173 e. The molecular formula is C27H30N6O2. The number of benzene rings is 3. The molecule has 5 rings (SSSR count). The summed E-state index contributed by atoms with van der Waals surface area (Å²) in [6, 6.07) is 26.8. The van der Waals surface area contributed by atoms with Gasteiger partial charge < -0.3 is 14.4 Å². The molecule has 0 radical (unpaired) electrons. The Morgan fingerprint density at radius 2 is 1.40 bits per heavy atom. The standard InChI is InChI=1S/C27H30N6O2/c1-34-24-12-8-21(9-13-24)20-33-27(28-29-30-33)26(22-10-14-25(35-2)15-11-22)32-18-16-31(17-19-32)23-6-4-3-5-7-23/h3-15,26H,16-20H2,1-2H3. The van der Waals surface area contributed by atoms with Gasteiger partial charge in [0.05, 0.1) is 26.8 Å². The highest BCUT2D eigenvalue weighted by Gasteiger charge is 2.30. The molecule has 3 aromatic carbocycles. The first-order valence-corrected chi connectivity index (χ1v) is 11.8. The van der Waals surface area contributed by atoms with Gasteiger partial charge in [0.2, 0.25) is 0 Å². The number of anilines is 1. The van der Waals surface area contributed by atoms with Crippen LogP contribution in [0.3, 0.4) is 0 Å². The van der Waals surface area contributed by atoms with Crippen LogP contribution in [0.5, 0.6) is 11.5 Å². The molecule has 1 aliphatic rings. The minimum Gasteiger partial charge on any atom is -0.497 e. The molecule has 1 aromatic heterocycles. The highest BCUT2D eigenvalue weighted by atomic mass is 16.5. The van der Waals surface area contributed by atoms with Gasteiger partial charge in [0, 0.05) is 31.9 Å². The van der Waals surface area contributed by atoms with E-state index in [1.165, 1.54) is 5.69 Å². The molecule has 1 saturated heterocycles. The van der Waals surface area contributed by atoms with Crippen LogP contribution in [-0.4, -0.2) is 65.5 Å². The topological polar surface area (TPSA) is 68.5 Å². The fraction of sp³-hybridized carbons (Fsp3) is 0.296. The highest BCUT2D eigenvalue weighted by molar-refractivity contribution is 5.46. The van der Waals surface area contributed by atoms with E-state index in [4.69, 9.17) is 9.47 Å². The zero-order valence-electron chi connectivity index (χ0n) is 20.1. The summed E-state index contributed by atoms with van der Waals surface area (Å²) < 4.78 is 12.6. The van der Waals surface area contributed by atoms with E-state index in [0.717, 1.165) is 54.6 Å². The average molecular weight is 471 g/mol. The molecule has 8 heteroatoms. The van der Waals surface area contributed by atoms with E-state index in [1.54, 1.807) is 14.2 Å². The number of ether oxygens (including phenoxy) is 2. The summed E-state index contributed by atoms with van der Waals surface area (Å²) in [4.78, 5) is 4.90. The second kappa shape index (κ2) is 10.6. The van der Waals surface area contributed by atoms with E-state index in [0.29, 0.717) is 6.54 Å². The maximum atomic E-state index is 5.39. The van der Waals surface area contributed by atoms with Gasteiger partial charge in [-0.2, -0.15) is 0 Å². The summed E-state index contributed by atoms with van der Waals surface area (Å²) in [5.41, 5.74) is 3.52. The first kappa shape index (κ1) is 22.9. The number of hydrogen-bond acceptors (Lipinski definition) is 7. The largest absolute Gasteiger partial charge is 0.497 e. The number of rotatable bonds is 8. The Morgan fingerprint density at radius 3 is 2.03 bits per heavy atom. The van der Waals surface area contributed by atoms with Crippen molar-refractivity contribution in [3.05, 3.63) is 95.8 Å². The molecule has 1 atom stereocenters. The first-order chi connectivity index (χ1) is 17.2. The summed E-state index contributed by atoms with van der Waals surface area (Å²) >= 11 is 0. The molecule has 1 unspecified atom stereocenters. The number of para-hydroxylation sites is 1. The Bertz CT molecular complexity index is 1200. The molecule has 1 aliphatic heterocycles. The van der Waals surface area contributed by atoms with Crippen molar-refractivity contribution in [2.45, 2.75) is 12.6 Å². The molecule has 1 fully saturated rings. The fourth-order valence-electron chi connectivity index (χ4n) is 4.61. The summed E-state index contributed by atoms with van der Waals surface area (Å²) in [5, 5.41) is 12.9. The molecule has 0 amide bonds. The summed E-state index contributed by atoms with van der Waals surface area (Å²) in [6.45, 7) is 4.28. The molecular weight excluding hydrogens is 440 g/mol. The third kappa shape index (κ3) is 5.12. The first-order valence-electron chi connectivity index (χ1n) is 11.8. The van der Waals surface area contributed by atoms with Crippen molar-refractivity contribution in [2.75, 3.05) is 45.3 Å². The van der Waals surface area contributed by atoms with Crippen LogP contribution in [0, 0.1) is 0 Å². The number of piperazine rings is 1. The quantitative estimate of drug-likeness (QED) is 0.389. The number of hydrogen-bond donors (Lipinski definition) is 0. The van der Waals surface area contributed by atoms with Crippen LogP contribution in [0.2, 0.25) is 0 Å². The van der Waals surface area contributed by atoms with Crippen LogP contribution in [0.1, 0.15) is 23.0 Å². The predicted molar refractivity (Wildman–Crippen MR) is 135 cm³/mol. The number of nitrogens with zero attached hydrogens (tertiary/aromatic N) is 6. The summed E-state index contributed by atoms with van der Waals surface area (Å²) in [7, 11) is 3.36. The Balaban J connectivity index is 1.42. The van der Waals surface area contributed by atoms with E-state index in [2.05, 4.69) is 67.8 Å². The van der Waals surface area contributed by atoms with E-state index >= 15 is 0 Å². The van der Waals surface area contributed by atoms with E-state index in [9.17, 15) is 0 Å². The van der Waals surface area contributed by atoms with Crippen molar-refractivity contribution >= 4 is 5.69 Å². The minimum absolute atomic E-state index is 0.0629. The van der Waals surface area contributed by atoms with Gasteiger partial charge >= 0.3 is 0 Å². The Labute approximate surface area is 205 Å². The third-order valence-corrected chi connectivity index (χ3v) is 6.53. The minimum atomic E-state index is -0.0629. The highest BCUT2D eigenvalue weighted by Crippen LogP contribution is 2.30. The van der Waals surface area contributed by atoms with Crippen molar-refractivity contribution in [3.8, 4) is 11.5 Å². The SMILES string of the molecule is COc1ccc(Cn2nnnc2C(c2ccc(OC)cc2)N2CCN(c3ccccc3)CC2)cc1. The van der Waals surface area contributed by atoms with Crippen molar-refractivity contribution < 1.29 is 9.47 Å². The van der Waals surface area contributed by atoms with Crippen LogP contribution in [0.25, 0.3) is 0 Å². The second-order valence-corrected chi connectivity index (χ2v) is 8.58. The average Bonchev–Trinajstić information content (AvgIpc) is 3.38. The monoisotopic (exact) mass is 470 g/mol. The van der Waals surface area contributed by atoms with Gasteiger partial charge in [-0.05, 0) is 58.0 Å². The Morgan fingerprint density at radius 1 is 0.771 bits per heavy atom. The number of aromatic nitrogens is 4. The molecule has 0 bridgehead atoms. The molecule has 0 spiro atoms. The normalized spacial score (nSPS) is 15.1. The lowest BCUT2D eigenvalue weighted by molar-refractivity contribution is 0.201. The second-order valence-electron chi connectivity index (χ2n) is 8.58. The van der Waals surface area contributed by atoms with Crippen LogP contribution in [0.4, 0.5) is 5.69 Å². The molecule has 0 saturated carbocycles. The van der Waals surface area contributed by atoms with Gasteiger partial charge in [-0.1, -0.05) is 42.5 Å². The van der Waals surface area contributed by atoms with Gasteiger partial charge in [0.15, 0.2) is 5.82 Å². The third-order valence-electron chi connectivity index (χ3n) is 6.53. The van der Waals surface area contributed by atoms with Crippen LogP contribution >= 0.6 is 0 Å². The van der Waals surface area contributed by atoms with Gasteiger partial charge in [-0.3, -0.25) is 4.90 Å². The van der Waals surface area contributed by atoms with Crippen molar-refractivity contribution in [1.29, 1.82) is 0 Å². The molecule has 0 N–H and O–H groups in total. The molecule has 180 valence electrons. The van der Waals surface area contributed by atoms with E-state index in [1.807, 2.05) is 41.1 Å². The fourth-order valence-corrected chi connectivity index (χ4v) is 4.61. The Hall–Kier alpha value is -3.91.